The Balaban J connectivity index is 1.59. The summed E-state index contributed by atoms with van der Waals surface area (Å²) in [6, 6.07) is 14.8. The van der Waals surface area contributed by atoms with E-state index < -0.39 is 5.82 Å². The maximum Gasteiger partial charge on any atom is 0.251 e. The first kappa shape index (κ1) is 18.4. The molecule has 1 heterocycles. The standard InChI is InChI=1S/C21H19FN2O3/c1-2-26-17-8-6-16(7-9-17)21(25)24-13-15-5-10-20(19(22)12-15)27-18-4-3-11-23-14-18/h3-12,14H,2,13H2,1H3,(H,24,25). The monoisotopic (exact) mass is 366 g/mol. The molecular formula is C21H19FN2O3. The van der Waals surface area contributed by atoms with Gasteiger partial charge < -0.3 is 14.8 Å². The second-order valence-corrected chi connectivity index (χ2v) is 5.70. The normalized spacial score (nSPS) is 10.3. The Morgan fingerprint density at radius 3 is 2.59 bits per heavy atom. The topological polar surface area (TPSA) is 60.5 Å². The van der Waals surface area contributed by atoms with Crippen molar-refractivity contribution in [1.82, 2.24) is 10.3 Å². The number of halogens is 1. The van der Waals surface area contributed by atoms with E-state index in [-0.39, 0.29) is 18.2 Å². The molecule has 3 rings (SSSR count). The molecule has 0 spiro atoms. The first-order chi connectivity index (χ1) is 13.2. The number of carbonyl (C=O) groups excluding carboxylic acids is 1. The molecule has 0 saturated carbocycles. The van der Waals surface area contributed by atoms with E-state index >= 15 is 0 Å². The number of hydrogen-bond donors (Lipinski definition) is 1. The summed E-state index contributed by atoms with van der Waals surface area (Å²) in [6.45, 7) is 2.67. The minimum Gasteiger partial charge on any atom is -0.494 e. The van der Waals surface area contributed by atoms with Crippen LogP contribution in [0.4, 0.5) is 4.39 Å². The van der Waals surface area contributed by atoms with Gasteiger partial charge in [-0.2, -0.15) is 0 Å². The molecule has 2 aromatic carbocycles. The van der Waals surface area contributed by atoms with Crippen LogP contribution in [-0.2, 0) is 6.54 Å². The Morgan fingerprint density at radius 1 is 1.11 bits per heavy atom. The summed E-state index contributed by atoms with van der Waals surface area (Å²) in [5.74, 6) is 0.513. The molecule has 0 saturated heterocycles. The van der Waals surface area contributed by atoms with Crippen LogP contribution in [0.25, 0.3) is 0 Å². The summed E-state index contributed by atoms with van der Waals surface area (Å²) in [4.78, 5) is 16.1. The third-order valence-electron chi connectivity index (χ3n) is 3.74. The van der Waals surface area contributed by atoms with Crippen molar-refractivity contribution in [2.45, 2.75) is 13.5 Å². The predicted octanol–water partition coefficient (Wildman–Crippen LogP) is 4.34. The van der Waals surface area contributed by atoms with Crippen LogP contribution >= 0.6 is 0 Å². The third kappa shape index (κ3) is 5.04. The van der Waals surface area contributed by atoms with E-state index in [1.54, 1.807) is 48.7 Å². The summed E-state index contributed by atoms with van der Waals surface area (Å²) in [6.07, 6.45) is 3.11. The van der Waals surface area contributed by atoms with Gasteiger partial charge in [0.25, 0.3) is 5.91 Å². The highest BCUT2D eigenvalue weighted by Gasteiger charge is 2.09. The number of carbonyl (C=O) groups is 1. The molecule has 0 atom stereocenters. The zero-order chi connectivity index (χ0) is 19.1. The Labute approximate surface area is 156 Å². The van der Waals surface area contributed by atoms with E-state index in [9.17, 15) is 9.18 Å². The molecule has 3 aromatic rings. The van der Waals surface area contributed by atoms with Gasteiger partial charge in [0, 0.05) is 18.3 Å². The van der Waals surface area contributed by atoms with Gasteiger partial charge in [-0.1, -0.05) is 6.07 Å². The smallest absolute Gasteiger partial charge is 0.251 e. The van der Waals surface area contributed by atoms with Crippen molar-refractivity contribution in [2.24, 2.45) is 0 Å². The van der Waals surface area contributed by atoms with Gasteiger partial charge in [0.15, 0.2) is 11.6 Å². The van der Waals surface area contributed by atoms with Crippen LogP contribution in [0.3, 0.4) is 0 Å². The molecule has 0 fully saturated rings. The summed E-state index contributed by atoms with van der Waals surface area (Å²) in [7, 11) is 0. The van der Waals surface area contributed by atoms with Crippen molar-refractivity contribution in [3.05, 3.63) is 83.9 Å². The van der Waals surface area contributed by atoms with Gasteiger partial charge in [-0.15, -0.1) is 0 Å². The largest absolute Gasteiger partial charge is 0.494 e. The minimum atomic E-state index is -0.508. The average Bonchev–Trinajstić information content (AvgIpc) is 2.70. The molecule has 1 amide bonds. The van der Waals surface area contributed by atoms with Crippen molar-refractivity contribution in [2.75, 3.05) is 6.61 Å². The quantitative estimate of drug-likeness (QED) is 0.676. The fourth-order valence-corrected chi connectivity index (χ4v) is 2.43. The van der Waals surface area contributed by atoms with E-state index in [0.717, 1.165) is 0 Å². The van der Waals surface area contributed by atoms with Crippen LogP contribution in [-0.4, -0.2) is 17.5 Å². The zero-order valence-electron chi connectivity index (χ0n) is 14.8. The van der Waals surface area contributed by atoms with Crippen LogP contribution in [0.1, 0.15) is 22.8 Å². The SMILES string of the molecule is CCOc1ccc(C(=O)NCc2ccc(Oc3cccnc3)c(F)c2)cc1. The number of aromatic nitrogens is 1. The van der Waals surface area contributed by atoms with Gasteiger partial charge >= 0.3 is 0 Å². The molecule has 0 aliphatic rings. The van der Waals surface area contributed by atoms with Crippen molar-refractivity contribution in [1.29, 1.82) is 0 Å². The zero-order valence-corrected chi connectivity index (χ0v) is 14.8. The van der Waals surface area contributed by atoms with Crippen LogP contribution in [0.15, 0.2) is 67.0 Å². The third-order valence-corrected chi connectivity index (χ3v) is 3.74. The van der Waals surface area contributed by atoms with E-state index in [1.165, 1.54) is 18.3 Å². The van der Waals surface area contributed by atoms with E-state index in [2.05, 4.69) is 10.3 Å². The number of nitrogens with one attached hydrogen (secondary N) is 1. The number of rotatable bonds is 7. The Bertz CT molecular complexity index is 899. The molecule has 1 N–H and O–H groups in total. The average molecular weight is 366 g/mol. The Kier molecular flexibility index (Phi) is 5.99. The summed E-state index contributed by atoms with van der Waals surface area (Å²) >= 11 is 0. The molecule has 1 aromatic heterocycles. The lowest BCUT2D eigenvalue weighted by molar-refractivity contribution is 0.0951. The number of amides is 1. The summed E-state index contributed by atoms with van der Waals surface area (Å²) in [5, 5.41) is 2.77. The number of nitrogens with zero attached hydrogens (tertiary/aromatic N) is 1. The summed E-state index contributed by atoms with van der Waals surface area (Å²) in [5.41, 5.74) is 1.14. The van der Waals surface area contributed by atoms with E-state index in [0.29, 0.717) is 29.2 Å². The molecule has 6 heteroatoms. The highest BCUT2D eigenvalue weighted by atomic mass is 19.1. The van der Waals surface area contributed by atoms with Crippen molar-refractivity contribution < 1.29 is 18.7 Å². The minimum absolute atomic E-state index is 0.101. The number of pyridine rings is 1. The Hall–Kier alpha value is -3.41. The van der Waals surface area contributed by atoms with Gasteiger partial charge in [0.05, 0.1) is 12.8 Å². The predicted molar refractivity (Wildman–Crippen MR) is 99.5 cm³/mol. The molecule has 138 valence electrons. The van der Waals surface area contributed by atoms with Gasteiger partial charge in [-0.05, 0) is 61.0 Å². The maximum absolute atomic E-state index is 14.2. The van der Waals surface area contributed by atoms with Gasteiger partial charge in [0.1, 0.15) is 11.5 Å². The van der Waals surface area contributed by atoms with Crippen LogP contribution in [0.2, 0.25) is 0 Å². The van der Waals surface area contributed by atoms with Crippen molar-refractivity contribution >= 4 is 5.91 Å². The first-order valence-electron chi connectivity index (χ1n) is 8.53. The van der Waals surface area contributed by atoms with Crippen LogP contribution in [0.5, 0.6) is 17.2 Å². The lowest BCUT2D eigenvalue weighted by Crippen LogP contribution is -2.22. The molecule has 0 aliphatic carbocycles. The molecule has 0 unspecified atom stereocenters. The van der Waals surface area contributed by atoms with E-state index in [4.69, 9.17) is 9.47 Å². The van der Waals surface area contributed by atoms with E-state index in [1.807, 2.05) is 6.92 Å². The molecule has 5 nitrogen and oxygen atoms in total. The second kappa shape index (κ2) is 8.80. The first-order valence-corrected chi connectivity index (χ1v) is 8.53. The highest BCUT2D eigenvalue weighted by Crippen LogP contribution is 2.24. The van der Waals surface area contributed by atoms with Crippen LogP contribution in [0, 0.1) is 5.82 Å². The lowest BCUT2D eigenvalue weighted by Gasteiger charge is -2.09. The lowest BCUT2D eigenvalue weighted by atomic mass is 10.1. The van der Waals surface area contributed by atoms with Gasteiger partial charge in [-0.3, -0.25) is 9.78 Å². The fraction of sp³-hybridized carbons (Fsp3) is 0.143. The molecular weight excluding hydrogens is 347 g/mol. The van der Waals surface area contributed by atoms with Crippen molar-refractivity contribution in [3.8, 4) is 17.2 Å². The highest BCUT2D eigenvalue weighted by molar-refractivity contribution is 5.94. The summed E-state index contributed by atoms with van der Waals surface area (Å²) < 4.78 is 25.0. The molecule has 0 aliphatic heterocycles. The number of benzene rings is 2. The number of ether oxygens (including phenoxy) is 2. The number of hydrogen-bond acceptors (Lipinski definition) is 4. The van der Waals surface area contributed by atoms with Crippen LogP contribution < -0.4 is 14.8 Å². The van der Waals surface area contributed by atoms with Gasteiger partial charge in [-0.25, -0.2) is 4.39 Å². The second-order valence-electron chi connectivity index (χ2n) is 5.70. The maximum atomic E-state index is 14.2. The Morgan fingerprint density at radius 2 is 1.93 bits per heavy atom. The molecule has 27 heavy (non-hydrogen) atoms. The molecule has 0 bridgehead atoms. The fourth-order valence-electron chi connectivity index (χ4n) is 2.43. The van der Waals surface area contributed by atoms with Crippen molar-refractivity contribution in [3.63, 3.8) is 0 Å². The van der Waals surface area contributed by atoms with Gasteiger partial charge in [0.2, 0.25) is 0 Å². The molecule has 0 radical (unpaired) electrons.